The van der Waals surface area contributed by atoms with Gasteiger partial charge in [0.1, 0.15) is 0 Å². The molecule has 0 amide bonds. The first-order valence-electron chi connectivity index (χ1n) is 4.61. The molecule has 1 fully saturated rings. The summed E-state index contributed by atoms with van der Waals surface area (Å²) in [7, 11) is 0. The van der Waals surface area contributed by atoms with Gasteiger partial charge in [0.05, 0.1) is 10.3 Å². The fourth-order valence-electron chi connectivity index (χ4n) is 1.46. The molecule has 2 heterocycles. The molecule has 1 aromatic rings. The lowest BCUT2D eigenvalue weighted by atomic mass is 10.1. The van der Waals surface area contributed by atoms with Gasteiger partial charge in [-0.1, -0.05) is 11.3 Å². The van der Waals surface area contributed by atoms with E-state index < -0.39 is 0 Å². The Morgan fingerprint density at radius 2 is 2.33 bits per heavy atom. The lowest BCUT2D eigenvalue weighted by molar-refractivity contribution is -0.380. The number of nitrogens with zero attached hydrogens (tertiary/aromatic N) is 1. The maximum absolute atomic E-state index is 10.5. The Morgan fingerprint density at radius 1 is 1.60 bits per heavy atom. The molecule has 2 rings (SSSR count). The third kappa shape index (κ3) is 2.32. The van der Waals surface area contributed by atoms with Crippen molar-refractivity contribution in [2.24, 2.45) is 0 Å². The van der Waals surface area contributed by atoms with Crippen molar-refractivity contribution in [3.63, 3.8) is 0 Å². The van der Waals surface area contributed by atoms with Crippen LogP contribution in [0.2, 0.25) is 0 Å². The van der Waals surface area contributed by atoms with E-state index in [0.29, 0.717) is 0 Å². The second kappa shape index (κ2) is 3.77. The molecular weight excluding hydrogens is 232 g/mol. The largest absolute Gasteiger partial charge is 0.324 e. The smallest absolute Gasteiger partial charge is 0.295 e. The molecule has 0 radical (unpaired) electrons. The number of hydrogen-bond donors (Lipinski definition) is 1. The van der Waals surface area contributed by atoms with Crippen LogP contribution in [0.1, 0.15) is 24.1 Å². The molecule has 0 aromatic carbocycles. The van der Waals surface area contributed by atoms with E-state index in [4.69, 9.17) is 0 Å². The monoisotopic (exact) mass is 244 g/mol. The van der Waals surface area contributed by atoms with E-state index in [1.807, 2.05) is 6.07 Å². The van der Waals surface area contributed by atoms with Gasteiger partial charge in [-0.3, -0.25) is 15.4 Å². The molecule has 0 aliphatic carbocycles. The van der Waals surface area contributed by atoms with Crippen LogP contribution in [0.5, 0.6) is 0 Å². The van der Waals surface area contributed by atoms with Gasteiger partial charge >= 0.3 is 5.00 Å². The fourth-order valence-corrected chi connectivity index (χ4v) is 3.88. The number of nitrogens with one attached hydrogen (secondary N) is 1. The summed E-state index contributed by atoms with van der Waals surface area (Å²) in [6.45, 7) is 4.28. The Morgan fingerprint density at radius 3 is 2.80 bits per heavy atom. The highest BCUT2D eigenvalue weighted by molar-refractivity contribution is 7.99. The summed E-state index contributed by atoms with van der Waals surface area (Å²) in [5, 5.41) is 14.4. The zero-order valence-electron chi connectivity index (χ0n) is 8.52. The third-order valence-electron chi connectivity index (χ3n) is 2.18. The maximum Gasteiger partial charge on any atom is 0.324 e. The van der Waals surface area contributed by atoms with E-state index in [1.165, 1.54) is 11.3 Å². The Labute approximate surface area is 96.2 Å². The normalized spacial score (nSPS) is 24.3. The SMILES string of the molecule is CC1(C)CSC(c2ccc([N+](=O)[O-])s2)N1. The molecule has 15 heavy (non-hydrogen) atoms. The van der Waals surface area contributed by atoms with Crippen molar-refractivity contribution in [2.45, 2.75) is 24.8 Å². The standard InChI is InChI=1S/C9H12N2O2S2/c1-9(2)5-14-8(10-9)6-3-4-7(15-6)11(12)13/h3-4,8,10H,5H2,1-2H3. The van der Waals surface area contributed by atoms with Crippen LogP contribution < -0.4 is 5.32 Å². The van der Waals surface area contributed by atoms with E-state index in [0.717, 1.165) is 10.6 Å². The molecule has 4 nitrogen and oxygen atoms in total. The molecule has 0 spiro atoms. The lowest BCUT2D eigenvalue weighted by Gasteiger charge is -2.17. The van der Waals surface area contributed by atoms with Crippen LogP contribution in [0.4, 0.5) is 5.00 Å². The highest BCUT2D eigenvalue weighted by Crippen LogP contribution is 2.41. The minimum absolute atomic E-state index is 0.119. The van der Waals surface area contributed by atoms with E-state index in [2.05, 4.69) is 19.2 Å². The molecule has 1 N–H and O–H groups in total. The van der Waals surface area contributed by atoms with Gasteiger partial charge in [-0.2, -0.15) is 0 Å². The highest BCUT2D eigenvalue weighted by atomic mass is 32.2. The van der Waals surface area contributed by atoms with Gasteiger partial charge in [0, 0.05) is 22.2 Å². The maximum atomic E-state index is 10.5. The summed E-state index contributed by atoms with van der Waals surface area (Å²) in [4.78, 5) is 11.3. The van der Waals surface area contributed by atoms with Gasteiger partial charge in [-0.25, -0.2) is 0 Å². The summed E-state index contributed by atoms with van der Waals surface area (Å²) < 4.78 is 0. The molecule has 1 atom stereocenters. The number of thiophene rings is 1. The summed E-state index contributed by atoms with van der Waals surface area (Å²) in [5.41, 5.74) is 0.119. The van der Waals surface area contributed by atoms with Gasteiger partial charge in [-0.15, -0.1) is 11.8 Å². The van der Waals surface area contributed by atoms with Crippen LogP contribution in [0.15, 0.2) is 12.1 Å². The zero-order valence-corrected chi connectivity index (χ0v) is 10.2. The fraction of sp³-hybridized carbons (Fsp3) is 0.556. The molecular formula is C9H12N2O2S2. The van der Waals surface area contributed by atoms with Crippen molar-refractivity contribution < 1.29 is 4.92 Å². The number of rotatable bonds is 2. The molecule has 1 unspecified atom stereocenters. The summed E-state index contributed by atoms with van der Waals surface area (Å²) >= 11 is 3.06. The average Bonchev–Trinajstić information content (AvgIpc) is 2.70. The van der Waals surface area contributed by atoms with Crippen LogP contribution >= 0.6 is 23.1 Å². The first kappa shape index (κ1) is 10.9. The van der Waals surface area contributed by atoms with Crippen molar-refractivity contribution in [3.05, 3.63) is 27.1 Å². The van der Waals surface area contributed by atoms with Crippen LogP contribution in [-0.4, -0.2) is 16.2 Å². The zero-order chi connectivity index (χ0) is 11.1. The predicted octanol–water partition coefficient (Wildman–Crippen LogP) is 2.77. The van der Waals surface area contributed by atoms with Gasteiger partial charge in [-0.05, 0) is 19.9 Å². The van der Waals surface area contributed by atoms with E-state index in [-0.39, 0.29) is 20.8 Å². The topological polar surface area (TPSA) is 55.2 Å². The Kier molecular flexibility index (Phi) is 2.74. The molecule has 82 valence electrons. The molecule has 0 saturated carbocycles. The van der Waals surface area contributed by atoms with Gasteiger partial charge < -0.3 is 0 Å². The van der Waals surface area contributed by atoms with E-state index in [1.54, 1.807) is 17.8 Å². The Balaban J connectivity index is 2.14. The van der Waals surface area contributed by atoms with Crippen LogP contribution in [0.25, 0.3) is 0 Å². The average molecular weight is 244 g/mol. The van der Waals surface area contributed by atoms with Crippen molar-refractivity contribution in [1.82, 2.24) is 5.32 Å². The van der Waals surface area contributed by atoms with Gasteiger partial charge in [0.25, 0.3) is 0 Å². The second-order valence-electron chi connectivity index (χ2n) is 4.15. The first-order valence-corrected chi connectivity index (χ1v) is 6.48. The molecule has 1 aliphatic heterocycles. The van der Waals surface area contributed by atoms with Crippen LogP contribution in [0.3, 0.4) is 0 Å². The van der Waals surface area contributed by atoms with Crippen LogP contribution in [-0.2, 0) is 0 Å². The van der Waals surface area contributed by atoms with Crippen molar-refractivity contribution >= 4 is 28.1 Å². The predicted molar refractivity (Wildman–Crippen MR) is 63.4 cm³/mol. The lowest BCUT2D eigenvalue weighted by Crippen LogP contribution is -2.35. The van der Waals surface area contributed by atoms with Gasteiger partial charge in [0.2, 0.25) is 0 Å². The van der Waals surface area contributed by atoms with Gasteiger partial charge in [0.15, 0.2) is 0 Å². The molecule has 6 heteroatoms. The minimum atomic E-state index is -0.334. The van der Waals surface area contributed by atoms with Crippen molar-refractivity contribution in [3.8, 4) is 0 Å². The number of hydrogen-bond acceptors (Lipinski definition) is 5. The number of thioether (sulfide) groups is 1. The van der Waals surface area contributed by atoms with Crippen molar-refractivity contribution in [1.29, 1.82) is 0 Å². The summed E-state index contributed by atoms with van der Waals surface area (Å²) in [6, 6.07) is 3.42. The summed E-state index contributed by atoms with van der Waals surface area (Å²) in [6.07, 6.45) is 0. The Bertz CT molecular complexity index is 389. The summed E-state index contributed by atoms with van der Waals surface area (Å²) in [5.74, 6) is 1.03. The van der Waals surface area contributed by atoms with E-state index in [9.17, 15) is 10.1 Å². The quantitative estimate of drug-likeness (QED) is 0.642. The Hall–Kier alpha value is -0.590. The highest BCUT2D eigenvalue weighted by Gasteiger charge is 2.32. The second-order valence-corrected chi connectivity index (χ2v) is 6.34. The number of nitro groups is 1. The first-order chi connectivity index (χ1) is 6.98. The minimum Gasteiger partial charge on any atom is -0.295 e. The molecule has 1 aliphatic rings. The van der Waals surface area contributed by atoms with E-state index >= 15 is 0 Å². The molecule has 1 aromatic heterocycles. The van der Waals surface area contributed by atoms with Crippen LogP contribution in [0, 0.1) is 10.1 Å². The molecule has 1 saturated heterocycles. The molecule has 0 bridgehead atoms. The third-order valence-corrected chi connectivity index (χ3v) is 5.03. The van der Waals surface area contributed by atoms with Crippen molar-refractivity contribution in [2.75, 3.05) is 5.75 Å².